The molecule has 0 amide bonds. The van der Waals surface area contributed by atoms with Gasteiger partial charge >= 0.3 is 5.97 Å². The van der Waals surface area contributed by atoms with Gasteiger partial charge in [0.15, 0.2) is 0 Å². The number of Topliss-reactive ketones (excluding diaryl/α,β-unsaturated/α-hetero) is 1. The second-order valence-electron chi connectivity index (χ2n) is 6.39. The van der Waals surface area contributed by atoms with Crippen LogP contribution in [0, 0.1) is 10.8 Å². The highest BCUT2D eigenvalue weighted by Gasteiger charge is 2.62. The van der Waals surface area contributed by atoms with E-state index in [4.69, 9.17) is 4.74 Å². The van der Waals surface area contributed by atoms with E-state index in [9.17, 15) is 9.59 Å². The zero-order valence-corrected chi connectivity index (χ0v) is 12.3. The molecule has 108 valence electrons. The minimum absolute atomic E-state index is 0.115. The molecule has 19 heavy (non-hydrogen) atoms. The van der Waals surface area contributed by atoms with Crippen LogP contribution in [0.1, 0.15) is 71.6 Å². The summed E-state index contributed by atoms with van der Waals surface area (Å²) < 4.78 is 5.19. The standard InChI is InChI=1S/C16H26O3/c1-3-8-13(17)16(14(18)19-4-2)11-15(12-16)9-6-5-7-10-15/h3-12H2,1-2H3. The first-order valence-electron chi connectivity index (χ1n) is 7.79. The quantitative estimate of drug-likeness (QED) is 0.563. The summed E-state index contributed by atoms with van der Waals surface area (Å²) in [5, 5.41) is 0. The molecule has 0 saturated heterocycles. The van der Waals surface area contributed by atoms with Gasteiger partial charge < -0.3 is 4.74 Å². The highest BCUT2D eigenvalue weighted by Crippen LogP contribution is 2.62. The maximum atomic E-state index is 12.4. The van der Waals surface area contributed by atoms with Gasteiger partial charge in [0.1, 0.15) is 11.2 Å². The third-order valence-electron chi connectivity index (χ3n) is 4.94. The van der Waals surface area contributed by atoms with E-state index >= 15 is 0 Å². The summed E-state index contributed by atoms with van der Waals surface area (Å²) in [5.41, 5.74) is -0.516. The summed E-state index contributed by atoms with van der Waals surface area (Å²) >= 11 is 0. The van der Waals surface area contributed by atoms with Gasteiger partial charge in [-0.25, -0.2) is 0 Å². The van der Waals surface area contributed by atoms with Crippen LogP contribution in [0.5, 0.6) is 0 Å². The van der Waals surface area contributed by atoms with Gasteiger partial charge in [-0.05, 0) is 44.4 Å². The Balaban J connectivity index is 2.10. The van der Waals surface area contributed by atoms with Gasteiger partial charge in [-0.2, -0.15) is 0 Å². The van der Waals surface area contributed by atoms with Crippen LogP contribution in [0.3, 0.4) is 0 Å². The van der Waals surface area contributed by atoms with Crippen molar-refractivity contribution < 1.29 is 14.3 Å². The molecule has 3 nitrogen and oxygen atoms in total. The fraction of sp³-hybridized carbons (Fsp3) is 0.875. The monoisotopic (exact) mass is 266 g/mol. The Morgan fingerprint density at radius 1 is 1.05 bits per heavy atom. The van der Waals surface area contributed by atoms with Crippen molar-refractivity contribution in [3.8, 4) is 0 Å². The number of ether oxygens (including phenoxy) is 1. The van der Waals surface area contributed by atoms with Crippen molar-refractivity contribution in [1.82, 2.24) is 0 Å². The highest BCUT2D eigenvalue weighted by molar-refractivity contribution is 6.05. The molecule has 3 heteroatoms. The van der Waals surface area contributed by atoms with Crippen LogP contribution in [0.4, 0.5) is 0 Å². The van der Waals surface area contributed by atoms with Crippen molar-refractivity contribution in [2.24, 2.45) is 10.8 Å². The van der Waals surface area contributed by atoms with Crippen LogP contribution in [-0.4, -0.2) is 18.4 Å². The van der Waals surface area contributed by atoms with E-state index in [0.717, 1.165) is 19.3 Å². The Kier molecular flexibility index (Phi) is 4.32. The van der Waals surface area contributed by atoms with E-state index < -0.39 is 5.41 Å². The lowest BCUT2D eigenvalue weighted by Crippen LogP contribution is -2.57. The number of esters is 1. The van der Waals surface area contributed by atoms with Crippen molar-refractivity contribution in [3.63, 3.8) is 0 Å². The number of hydrogen-bond acceptors (Lipinski definition) is 3. The van der Waals surface area contributed by atoms with E-state index in [1.54, 1.807) is 0 Å². The summed E-state index contributed by atoms with van der Waals surface area (Å²) in [6, 6.07) is 0. The molecule has 0 atom stereocenters. The maximum Gasteiger partial charge on any atom is 0.319 e. The SMILES string of the molecule is CCCC(=O)C1(C(=O)OCC)CC2(CCCCC2)C1. The van der Waals surface area contributed by atoms with E-state index in [1.807, 2.05) is 13.8 Å². The first-order chi connectivity index (χ1) is 9.08. The Morgan fingerprint density at radius 2 is 1.68 bits per heavy atom. The summed E-state index contributed by atoms with van der Waals surface area (Å²) in [6.45, 7) is 4.17. The van der Waals surface area contributed by atoms with E-state index in [2.05, 4.69) is 0 Å². The zero-order chi connectivity index (χ0) is 13.9. The molecule has 2 saturated carbocycles. The first kappa shape index (κ1) is 14.5. The van der Waals surface area contributed by atoms with Crippen LogP contribution in [0.2, 0.25) is 0 Å². The van der Waals surface area contributed by atoms with Gasteiger partial charge in [0.25, 0.3) is 0 Å². The molecule has 0 radical (unpaired) electrons. The van der Waals surface area contributed by atoms with Gasteiger partial charge in [-0.1, -0.05) is 26.2 Å². The van der Waals surface area contributed by atoms with Crippen molar-refractivity contribution >= 4 is 11.8 Å². The first-order valence-corrected chi connectivity index (χ1v) is 7.79. The summed E-state index contributed by atoms with van der Waals surface area (Å²) in [4.78, 5) is 24.6. The molecule has 0 aromatic heterocycles. The Hall–Kier alpha value is -0.860. The highest BCUT2D eigenvalue weighted by atomic mass is 16.5. The van der Waals surface area contributed by atoms with Crippen LogP contribution in [-0.2, 0) is 14.3 Å². The molecule has 0 bridgehead atoms. The normalized spacial score (nSPS) is 23.7. The predicted molar refractivity (Wildman–Crippen MR) is 73.7 cm³/mol. The summed E-state index contributed by atoms with van der Waals surface area (Å²) in [6.07, 6.45) is 9.00. The Labute approximate surface area is 116 Å². The topological polar surface area (TPSA) is 43.4 Å². The van der Waals surface area contributed by atoms with Crippen LogP contribution >= 0.6 is 0 Å². The van der Waals surface area contributed by atoms with Gasteiger partial charge in [0.05, 0.1) is 6.61 Å². The van der Waals surface area contributed by atoms with Crippen LogP contribution in [0.15, 0.2) is 0 Å². The Morgan fingerprint density at radius 3 is 2.21 bits per heavy atom. The van der Waals surface area contributed by atoms with E-state index in [-0.39, 0.29) is 17.2 Å². The molecule has 2 aliphatic carbocycles. The molecule has 1 spiro atoms. The number of carbonyl (C=O) groups excluding carboxylic acids is 2. The number of carbonyl (C=O) groups is 2. The minimum atomic E-state index is -0.788. The molecule has 2 aliphatic rings. The fourth-order valence-electron chi connectivity index (χ4n) is 4.07. The third kappa shape index (κ3) is 2.56. The lowest BCUT2D eigenvalue weighted by molar-refractivity contribution is -0.180. The zero-order valence-electron chi connectivity index (χ0n) is 12.3. The molecule has 0 aromatic rings. The average Bonchev–Trinajstić information content (AvgIpc) is 2.37. The summed E-state index contributed by atoms with van der Waals surface area (Å²) in [5.74, 6) is -0.144. The number of hydrogen-bond donors (Lipinski definition) is 0. The lowest BCUT2D eigenvalue weighted by atomic mass is 9.47. The van der Waals surface area contributed by atoms with Gasteiger partial charge in [-0.3, -0.25) is 9.59 Å². The predicted octanol–water partition coefficient (Wildman–Crippen LogP) is 3.65. The molecule has 0 heterocycles. The third-order valence-corrected chi connectivity index (χ3v) is 4.94. The van der Waals surface area contributed by atoms with Crippen molar-refractivity contribution in [2.45, 2.75) is 71.6 Å². The van der Waals surface area contributed by atoms with Crippen molar-refractivity contribution in [2.75, 3.05) is 6.61 Å². The second kappa shape index (κ2) is 5.64. The lowest BCUT2D eigenvalue weighted by Gasteiger charge is -2.55. The van der Waals surface area contributed by atoms with E-state index in [1.165, 1.54) is 32.1 Å². The van der Waals surface area contributed by atoms with Crippen LogP contribution < -0.4 is 0 Å². The minimum Gasteiger partial charge on any atom is -0.465 e. The molecule has 0 unspecified atom stereocenters. The molecular formula is C16H26O3. The molecule has 0 N–H and O–H groups in total. The molecule has 2 rings (SSSR count). The van der Waals surface area contributed by atoms with Gasteiger partial charge in [0.2, 0.25) is 0 Å². The van der Waals surface area contributed by atoms with Crippen LogP contribution in [0.25, 0.3) is 0 Å². The van der Waals surface area contributed by atoms with E-state index in [0.29, 0.717) is 13.0 Å². The number of rotatable bonds is 5. The molecule has 0 aliphatic heterocycles. The molecular weight excluding hydrogens is 240 g/mol. The average molecular weight is 266 g/mol. The molecule has 2 fully saturated rings. The van der Waals surface area contributed by atoms with Crippen molar-refractivity contribution in [3.05, 3.63) is 0 Å². The maximum absolute atomic E-state index is 12.4. The smallest absolute Gasteiger partial charge is 0.319 e. The second-order valence-corrected chi connectivity index (χ2v) is 6.39. The van der Waals surface area contributed by atoms with Crippen molar-refractivity contribution in [1.29, 1.82) is 0 Å². The number of ketones is 1. The van der Waals surface area contributed by atoms with Gasteiger partial charge in [0, 0.05) is 6.42 Å². The molecule has 0 aromatic carbocycles. The Bertz CT molecular complexity index is 325. The summed E-state index contributed by atoms with van der Waals surface area (Å²) in [7, 11) is 0. The largest absolute Gasteiger partial charge is 0.465 e. The van der Waals surface area contributed by atoms with Gasteiger partial charge in [-0.15, -0.1) is 0 Å². The fourth-order valence-corrected chi connectivity index (χ4v) is 4.07.